The van der Waals surface area contributed by atoms with Gasteiger partial charge >= 0.3 is 10.4 Å². The molecule has 0 fully saturated rings. The second kappa shape index (κ2) is 6.37. The number of hydrogen-bond donors (Lipinski definition) is 4. The quantitative estimate of drug-likeness (QED) is 0.478. The Morgan fingerprint density at radius 1 is 1.04 bits per heavy atom. The van der Waals surface area contributed by atoms with E-state index in [4.69, 9.17) is 13.7 Å². The van der Waals surface area contributed by atoms with E-state index in [0.717, 1.165) is 18.2 Å². The molecule has 0 saturated carbocycles. The Morgan fingerprint density at radius 3 is 2.37 bits per heavy atom. The average Bonchev–Trinajstić information content (AvgIpc) is 2.56. The minimum Gasteiger partial charge on any atom is -0.508 e. The average molecular weight is 396 g/mol. The van der Waals surface area contributed by atoms with Crippen molar-refractivity contribution in [1.82, 2.24) is 0 Å². The number of rotatable bonds is 4. The standard InChI is InChI=1S/C16H12O10S/c1-24-10-3-2-7(4-11(10)26-27(21,22)23)16-15(20)14(19)13-9(18)5-8(17)6-12(13)25-16/h2-6,17-18,20H,1H3,(H,21,22,23). The summed E-state index contributed by atoms with van der Waals surface area (Å²) in [5.41, 5.74) is -1.20. The number of ether oxygens (including phenoxy) is 1. The van der Waals surface area contributed by atoms with Crippen molar-refractivity contribution in [3.05, 3.63) is 40.6 Å². The number of fused-ring (bicyclic) bond motifs is 1. The third kappa shape index (κ3) is 3.45. The van der Waals surface area contributed by atoms with Gasteiger partial charge in [-0.05, 0) is 18.2 Å². The number of methoxy groups -OCH3 is 1. The predicted molar refractivity (Wildman–Crippen MR) is 91.6 cm³/mol. The first kappa shape index (κ1) is 18.4. The Balaban J connectivity index is 2.28. The molecule has 1 heterocycles. The van der Waals surface area contributed by atoms with Crippen molar-refractivity contribution in [3.8, 4) is 40.1 Å². The van der Waals surface area contributed by atoms with E-state index >= 15 is 0 Å². The summed E-state index contributed by atoms with van der Waals surface area (Å²) in [6, 6.07) is 5.57. The van der Waals surface area contributed by atoms with Crippen molar-refractivity contribution >= 4 is 21.4 Å². The minimum atomic E-state index is -4.87. The van der Waals surface area contributed by atoms with E-state index in [1.54, 1.807) is 0 Å². The highest BCUT2D eigenvalue weighted by atomic mass is 32.3. The van der Waals surface area contributed by atoms with Crippen molar-refractivity contribution in [2.45, 2.75) is 0 Å². The minimum absolute atomic E-state index is 0.00576. The van der Waals surface area contributed by atoms with Gasteiger partial charge in [0, 0.05) is 17.7 Å². The molecule has 0 unspecified atom stereocenters. The number of phenolic OH excluding ortho intramolecular Hbond substituents is 2. The first-order chi connectivity index (χ1) is 12.6. The molecule has 0 radical (unpaired) electrons. The fraction of sp³-hybridized carbons (Fsp3) is 0.0625. The predicted octanol–water partition coefficient (Wildman–Crippen LogP) is 1.77. The molecule has 0 atom stereocenters. The zero-order valence-electron chi connectivity index (χ0n) is 13.5. The van der Waals surface area contributed by atoms with Gasteiger partial charge in [0.15, 0.2) is 17.3 Å². The topological polar surface area (TPSA) is 164 Å². The van der Waals surface area contributed by atoms with Crippen LogP contribution in [0.4, 0.5) is 0 Å². The summed E-state index contributed by atoms with van der Waals surface area (Å²) < 4.78 is 45.6. The van der Waals surface area contributed by atoms with E-state index in [2.05, 4.69) is 4.18 Å². The molecular formula is C16H12O10S. The van der Waals surface area contributed by atoms with E-state index in [1.165, 1.54) is 19.2 Å². The molecule has 11 heteroatoms. The summed E-state index contributed by atoms with van der Waals surface area (Å²) in [5, 5.41) is 29.2. The summed E-state index contributed by atoms with van der Waals surface area (Å²) in [6.45, 7) is 0. The van der Waals surface area contributed by atoms with Crippen molar-refractivity contribution in [2.24, 2.45) is 0 Å². The Morgan fingerprint density at radius 2 is 1.74 bits per heavy atom. The Labute approximate surface area is 151 Å². The summed E-state index contributed by atoms with van der Waals surface area (Å²) in [5.74, 6) is -2.73. The van der Waals surface area contributed by atoms with Gasteiger partial charge in [-0.3, -0.25) is 9.35 Å². The first-order valence-corrected chi connectivity index (χ1v) is 8.54. The van der Waals surface area contributed by atoms with Gasteiger partial charge in [0.25, 0.3) is 0 Å². The fourth-order valence-corrected chi connectivity index (χ4v) is 2.82. The van der Waals surface area contributed by atoms with Crippen LogP contribution in [0.2, 0.25) is 0 Å². The zero-order chi connectivity index (χ0) is 19.9. The molecule has 0 saturated heterocycles. The molecule has 10 nitrogen and oxygen atoms in total. The fourth-order valence-electron chi connectivity index (χ4n) is 2.47. The van der Waals surface area contributed by atoms with Crippen LogP contribution < -0.4 is 14.3 Å². The smallest absolute Gasteiger partial charge is 0.446 e. The van der Waals surface area contributed by atoms with E-state index in [-0.39, 0.29) is 33.8 Å². The lowest BCUT2D eigenvalue weighted by Crippen LogP contribution is -2.08. The van der Waals surface area contributed by atoms with Gasteiger partial charge < -0.3 is 28.7 Å². The lowest BCUT2D eigenvalue weighted by atomic mass is 10.1. The highest BCUT2D eigenvalue weighted by molar-refractivity contribution is 7.81. The molecule has 2 aromatic carbocycles. The summed E-state index contributed by atoms with van der Waals surface area (Å²) in [7, 11) is -3.65. The van der Waals surface area contributed by atoms with Crippen molar-refractivity contribution in [2.75, 3.05) is 7.11 Å². The molecule has 0 spiro atoms. The number of phenols is 2. The molecule has 3 aromatic rings. The SMILES string of the molecule is COc1ccc(-c2oc3cc(O)cc(O)c3c(=O)c2O)cc1OS(=O)(=O)O. The van der Waals surface area contributed by atoms with Crippen LogP contribution in [0.15, 0.2) is 39.5 Å². The van der Waals surface area contributed by atoms with E-state index in [0.29, 0.717) is 0 Å². The molecule has 142 valence electrons. The van der Waals surface area contributed by atoms with Crippen LogP contribution in [0.1, 0.15) is 0 Å². The molecule has 0 aliphatic heterocycles. The van der Waals surface area contributed by atoms with Crippen LogP contribution in [0.25, 0.3) is 22.3 Å². The number of hydrogen-bond acceptors (Lipinski definition) is 9. The maximum absolute atomic E-state index is 12.3. The molecule has 1 aromatic heterocycles. The third-order valence-electron chi connectivity index (χ3n) is 3.56. The van der Waals surface area contributed by atoms with E-state index < -0.39 is 33.1 Å². The van der Waals surface area contributed by atoms with Gasteiger partial charge in [0.2, 0.25) is 11.2 Å². The van der Waals surface area contributed by atoms with Crippen LogP contribution in [0, 0.1) is 0 Å². The van der Waals surface area contributed by atoms with Crippen LogP contribution in [0.5, 0.6) is 28.7 Å². The second-order valence-corrected chi connectivity index (χ2v) is 6.35. The van der Waals surface area contributed by atoms with Crippen LogP contribution in [-0.2, 0) is 10.4 Å². The Kier molecular flexibility index (Phi) is 4.33. The molecule has 27 heavy (non-hydrogen) atoms. The molecule has 4 N–H and O–H groups in total. The van der Waals surface area contributed by atoms with Gasteiger partial charge in [0.1, 0.15) is 22.5 Å². The van der Waals surface area contributed by atoms with Gasteiger partial charge in [-0.25, -0.2) is 0 Å². The monoisotopic (exact) mass is 396 g/mol. The molecule has 3 rings (SSSR count). The maximum atomic E-state index is 12.3. The number of aromatic hydroxyl groups is 3. The summed E-state index contributed by atoms with van der Waals surface area (Å²) >= 11 is 0. The maximum Gasteiger partial charge on any atom is 0.446 e. The molecule has 0 aliphatic rings. The summed E-state index contributed by atoms with van der Waals surface area (Å²) in [6.07, 6.45) is 0. The largest absolute Gasteiger partial charge is 0.508 e. The highest BCUT2D eigenvalue weighted by Crippen LogP contribution is 2.38. The van der Waals surface area contributed by atoms with Crippen molar-refractivity contribution in [3.63, 3.8) is 0 Å². The number of benzene rings is 2. The Bertz CT molecular complexity index is 1210. The van der Waals surface area contributed by atoms with Crippen LogP contribution in [-0.4, -0.2) is 35.4 Å². The third-order valence-corrected chi connectivity index (χ3v) is 3.95. The molecule has 0 aliphatic carbocycles. The van der Waals surface area contributed by atoms with Gasteiger partial charge in [-0.15, -0.1) is 0 Å². The van der Waals surface area contributed by atoms with E-state index in [9.17, 15) is 28.5 Å². The van der Waals surface area contributed by atoms with Crippen molar-refractivity contribution < 1.29 is 41.6 Å². The van der Waals surface area contributed by atoms with E-state index in [1.807, 2.05) is 0 Å². The van der Waals surface area contributed by atoms with Gasteiger partial charge in [-0.1, -0.05) is 0 Å². The lowest BCUT2D eigenvalue weighted by molar-refractivity contribution is 0.360. The normalized spacial score (nSPS) is 11.5. The van der Waals surface area contributed by atoms with Gasteiger partial charge in [0.05, 0.1) is 7.11 Å². The second-order valence-electron chi connectivity index (χ2n) is 5.32. The van der Waals surface area contributed by atoms with Crippen LogP contribution >= 0.6 is 0 Å². The van der Waals surface area contributed by atoms with Gasteiger partial charge in [-0.2, -0.15) is 8.42 Å². The first-order valence-electron chi connectivity index (χ1n) is 7.17. The lowest BCUT2D eigenvalue weighted by Gasteiger charge is -2.11. The Hall–Kier alpha value is -3.44. The molecule has 0 amide bonds. The summed E-state index contributed by atoms with van der Waals surface area (Å²) in [4.78, 5) is 12.3. The van der Waals surface area contributed by atoms with Crippen LogP contribution in [0.3, 0.4) is 0 Å². The highest BCUT2D eigenvalue weighted by Gasteiger charge is 2.21. The molecular weight excluding hydrogens is 384 g/mol. The van der Waals surface area contributed by atoms with Crippen molar-refractivity contribution in [1.29, 1.82) is 0 Å². The zero-order valence-corrected chi connectivity index (χ0v) is 14.3. The molecule has 0 bridgehead atoms.